The van der Waals surface area contributed by atoms with Gasteiger partial charge in [-0.05, 0) is 44.8 Å². The second-order valence-electron chi connectivity index (χ2n) is 6.62. The molecule has 0 aliphatic carbocycles. The van der Waals surface area contributed by atoms with Gasteiger partial charge in [0.2, 0.25) is 0 Å². The summed E-state index contributed by atoms with van der Waals surface area (Å²) >= 11 is 0. The van der Waals surface area contributed by atoms with Gasteiger partial charge < -0.3 is 31.9 Å². The smallest absolute Gasteiger partial charge is 0.309 e. The molecule has 0 spiro atoms. The van der Waals surface area contributed by atoms with Crippen molar-refractivity contribution in [3.8, 4) is 0 Å². The summed E-state index contributed by atoms with van der Waals surface area (Å²) in [6.45, 7) is 6.90. The largest absolute Gasteiger partial charge is 1.00 e. The minimum absolute atomic E-state index is 0. The highest BCUT2D eigenvalue weighted by atomic mass is 35.5. The molecule has 1 aromatic carbocycles. The molecule has 1 saturated heterocycles. The van der Waals surface area contributed by atoms with E-state index in [1.807, 2.05) is 25.1 Å². The quantitative estimate of drug-likeness (QED) is 0.597. The molecule has 1 aliphatic rings. The fraction of sp³-hybridized carbons (Fsp3) is 0.650. The Morgan fingerprint density at radius 1 is 1.23 bits per heavy atom. The number of halogens is 1. The van der Waals surface area contributed by atoms with Crippen molar-refractivity contribution in [2.45, 2.75) is 45.3 Å². The first-order chi connectivity index (χ1) is 12.1. The summed E-state index contributed by atoms with van der Waals surface area (Å²) < 4.78 is 11.0. The fourth-order valence-electron chi connectivity index (χ4n) is 3.31. The Kier molecular flexibility index (Phi) is 10.8. The van der Waals surface area contributed by atoms with Gasteiger partial charge in [0, 0.05) is 6.54 Å². The monoisotopic (exact) mass is 384 g/mol. The molecule has 0 saturated carbocycles. The van der Waals surface area contributed by atoms with E-state index in [1.165, 1.54) is 0 Å². The minimum atomic E-state index is -0.517. The lowest BCUT2D eigenvalue weighted by atomic mass is 9.97. The van der Waals surface area contributed by atoms with Crippen molar-refractivity contribution < 1.29 is 31.8 Å². The lowest BCUT2D eigenvalue weighted by molar-refractivity contribution is -0.149. The molecular formula is C20H31ClNO4-. The van der Waals surface area contributed by atoms with E-state index in [-0.39, 0.29) is 30.4 Å². The Hall–Kier alpha value is -1.14. The maximum Gasteiger partial charge on any atom is 0.309 e. The molecule has 0 amide bonds. The summed E-state index contributed by atoms with van der Waals surface area (Å²) in [6.07, 6.45) is 1.98. The molecule has 2 rings (SSSR count). The summed E-state index contributed by atoms with van der Waals surface area (Å²) in [4.78, 5) is 14.0. The Morgan fingerprint density at radius 3 is 2.46 bits per heavy atom. The number of nitrogens with zero attached hydrogens (tertiary/aromatic N) is 1. The number of rotatable bonds is 9. The zero-order valence-electron chi connectivity index (χ0n) is 15.8. The third kappa shape index (κ3) is 7.23. The van der Waals surface area contributed by atoms with Crippen LogP contribution in [0.25, 0.3) is 0 Å². The predicted octanol–water partition coefficient (Wildman–Crippen LogP) is -0.206. The van der Waals surface area contributed by atoms with Crippen LogP contribution in [0.1, 0.15) is 44.8 Å². The predicted molar refractivity (Wildman–Crippen MR) is 97.2 cm³/mol. The molecule has 1 aliphatic heterocycles. The van der Waals surface area contributed by atoms with E-state index in [1.54, 1.807) is 0 Å². The number of β-amino-alcohol motifs (C(OH)–C–C–N with tert-alkyl or cyclic N) is 1. The second-order valence-corrected chi connectivity index (χ2v) is 6.62. The van der Waals surface area contributed by atoms with Crippen LogP contribution in [0.3, 0.4) is 0 Å². The van der Waals surface area contributed by atoms with E-state index < -0.39 is 6.10 Å². The van der Waals surface area contributed by atoms with Gasteiger partial charge in [-0.3, -0.25) is 4.79 Å². The molecule has 1 fully saturated rings. The van der Waals surface area contributed by atoms with E-state index >= 15 is 0 Å². The molecule has 2 unspecified atom stereocenters. The van der Waals surface area contributed by atoms with Crippen LogP contribution in [-0.2, 0) is 14.3 Å². The van der Waals surface area contributed by atoms with Gasteiger partial charge >= 0.3 is 5.97 Å². The number of aliphatic hydroxyl groups excluding tert-OH is 1. The van der Waals surface area contributed by atoms with Crippen LogP contribution in [-0.4, -0.2) is 54.9 Å². The molecular weight excluding hydrogens is 354 g/mol. The molecule has 0 bridgehead atoms. The van der Waals surface area contributed by atoms with E-state index in [2.05, 4.69) is 24.0 Å². The van der Waals surface area contributed by atoms with Gasteiger partial charge in [0.15, 0.2) is 0 Å². The van der Waals surface area contributed by atoms with Crippen molar-refractivity contribution in [3.05, 3.63) is 35.9 Å². The Balaban J connectivity index is 0.00000338. The minimum Gasteiger partial charge on any atom is -1.00 e. The third-order valence-corrected chi connectivity index (χ3v) is 4.71. The van der Waals surface area contributed by atoms with E-state index in [4.69, 9.17) is 9.47 Å². The molecule has 1 aromatic rings. The molecule has 148 valence electrons. The number of carbonyl (C=O) groups is 1. The molecule has 6 heteroatoms. The van der Waals surface area contributed by atoms with Crippen LogP contribution in [0, 0.1) is 5.92 Å². The third-order valence-electron chi connectivity index (χ3n) is 4.71. The number of esters is 1. The number of hydrogen-bond donors (Lipinski definition) is 1. The number of likely N-dealkylation sites (tertiary alicyclic amines) is 1. The van der Waals surface area contributed by atoms with Gasteiger partial charge in [-0.15, -0.1) is 0 Å². The zero-order chi connectivity index (χ0) is 18.1. The van der Waals surface area contributed by atoms with Gasteiger partial charge in [-0.1, -0.05) is 37.3 Å². The molecule has 26 heavy (non-hydrogen) atoms. The average Bonchev–Trinajstić information content (AvgIpc) is 2.64. The number of piperidine rings is 1. The van der Waals surface area contributed by atoms with Gasteiger partial charge in [0.1, 0.15) is 0 Å². The normalized spacial score (nSPS) is 18.0. The van der Waals surface area contributed by atoms with Crippen LogP contribution >= 0.6 is 0 Å². The van der Waals surface area contributed by atoms with Crippen LogP contribution < -0.4 is 12.4 Å². The van der Waals surface area contributed by atoms with Crippen molar-refractivity contribution in [2.75, 3.05) is 32.8 Å². The number of aliphatic hydroxyl groups is 1. The highest BCUT2D eigenvalue weighted by Gasteiger charge is 2.27. The highest BCUT2D eigenvalue weighted by molar-refractivity contribution is 5.72. The van der Waals surface area contributed by atoms with E-state index in [0.717, 1.165) is 37.9 Å². The van der Waals surface area contributed by atoms with Crippen LogP contribution in [0.15, 0.2) is 30.3 Å². The Labute approximate surface area is 163 Å². The summed E-state index contributed by atoms with van der Waals surface area (Å²) in [6, 6.07) is 10.1. The van der Waals surface area contributed by atoms with Crippen molar-refractivity contribution in [1.29, 1.82) is 0 Å². The van der Waals surface area contributed by atoms with Gasteiger partial charge in [-0.25, -0.2) is 0 Å². The average molecular weight is 385 g/mol. The first-order valence-corrected chi connectivity index (χ1v) is 9.37. The van der Waals surface area contributed by atoms with Crippen LogP contribution in [0.5, 0.6) is 0 Å². The Morgan fingerprint density at radius 2 is 1.88 bits per heavy atom. The summed E-state index contributed by atoms with van der Waals surface area (Å²) in [5.41, 5.74) is 1.15. The lowest BCUT2D eigenvalue weighted by Crippen LogP contribution is -3.00. The number of ether oxygens (including phenoxy) is 2. The SMILES string of the molecule is CCOC(=O)C1CCN(CC(O)COC(CC)c2ccccc2)CC1.[Cl-]. The van der Waals surface area contributed by atoms with Crippen molar-refractivity contribution in [2.24, 2.45) is 5.92 Å². The molecule has 0 radical (unpaired) electrons. The highest BCUT2D eigenvalue weighted by Crippen LogP contribution is 2.22. The zero-order valence-corrected chi connectivity index (χ0v) is 16.5. The summed E-state index contributed by atoms with van der Waals surface area (Å²) in [5.74, 6) is -0.0770. The van der Waals surface area contributed by atoms with Gasteiger partial charge in [-0.2, -0.15) is 0 Å². The molecule has 2 atom stereocenters. The van der Waals surface area contributed by atoms with Crippen molar-refractivity contribution in [1.82, 2.24) is 4.90 Å². The topological polar surface area (TPSA) is 59.0 Å². The number of hydrogen-bond acceptors (Lipinski definition) is 5. The summed E-state index contributed by atoms with van der Waals surface area (Å²) in [7, 11) is 0. The molecule has 0 aromatic heterocycles. The van der Waals surface area contributed by atoms with Gasteiger partial charge in [0.25, 0.3) is 0 Å². The Bertz CT molecular complexity index is 506. The molecule has 1 N–H and O–H groups in total. The van der Waals surface area contributed by atoms with Gasteiger partial charge in [0.05, 0.1) is 31.3 Å². The fourth-order valence-corrected chi connectivity index (χ4v) is 3.31. The van der Waals surface area contributed by atoms with Crippen molar-refractivity contribution in [3.63, 3.8) is 0 Å². The van der Waals surface area contributed by atoms with E-state index in [0.29, 0.717) is 19.8 Å². The lowest BCUT2D eigenvalue weighted by Gasteiger charge is -2.32. The maximum absolute atomic E-state index is 11.8. The summed E-state index contributed by atoms with van der Waals surface area (Å²) in [5, 5.41) is 10.3. The first kappa shape index (κ1) is 22.9. The number of carbonyl (C=O) groups excluding carboxylic acids is 1. The van der Waals surface area contributed by atoms with Crippen molar-refractivity contribution >= 4 is 5.97 Å². The molecule has 1 heterocycles. The van der Waals surface area contributed by atoms with Crippen LogP contribution in [0.4, 0.5) is 0 Å². The maximum atomic E-state index is 11.8. The number of benzene rings is 1. The molecule has 5 nitrogen and oxygen atoms in total. The first-order valence-electron chi connectivity index (χ1n) is 9.37. The van der Waals surface area contributed by atoms with E-state index in [9.17, 15) is 9.90 Å². The van der Waals surface area contributed by atoms with Crippen LogP contribution in [0.2, 0.25) is 0 Å². The second kappa shape index (κ2) is 12.3. The standard InChI is InChI=1S/C20H31NO4.ClH/c1-3-19(16-8-6-5-7-9-16)25-15-18(22)14-21-12-10-17(11-13-21)20(23)24-4-2;/h5-9,17-19,22H,3-4,10-15H2,1-2H3;1H/p-1.